The molecule has 4 rings (SSSR count). The Hall–Kier alpha value is -3.09. The van der Waals surface area contributed by atoms with Crippen molar-refractivity contribution in [1.82, 2.24) is 23.1 Å². The number of fused-ring (bicyclic) bond motifs is 3. The van der Waals surface area contributed by atoms with Gasteiger partial charge in [0.1, 0.15) is 0 Å². The summed E-state index contributed by atoms with van der Waals surface area (Å²) in [7, 11) is 1.68. The zero-order valence-corrected chi connectivity index (χ0v) is 16.7. The van der Waals surface area contributed by atoms with Crippen LogP contribution in [0.3, 0.4) is 0 Å². The van der Waals surface area contributed by atoms with Crippen molar-refractivity contribution in [2.45, 2.75) is 40.3 Å². The Bertz CT molecular complexity index is 1270. The van der Waals surface area contributed by atoms with Crippen LogP contribution in [-0.4, -0.2) is 23.1 Å². The van der Waals surface area contributed by atoms with Gasteiger partial charge in [-0.05, 0) is 24.8 Å². The molecule has 7 heteroatoms. The van der Waals surface area contributed by atoms with Crippen molar-refractivity contribution in [1.29, 1.82) is 0 Å². The molecule has 0 bridgehead atoms. The first-order valence-corrected chi connectivity index (χ1v) is 9.60. The third kappa shape index (κ3) is 2.87. The summed E-state index contributed by atoms with van der Waals surface area (Å²) in [6.45, 7) is 7.45. The zero-order chi connectivity index (χ0) is 20.0. The number of hydrogen-bond acceptors (Lipinski definition) is 3. The molecule has 0 amide bonds. The molecule has 146 valence electrons. The summed E-state index contributed by atoms with van der Waals surface area (Å²) in [6, 6.07) is 9.87. The van der Waals surface area contributed by atoms with Crippen LogP contribution in [0.15, 0.2) is 46.1 Å². The Morgan fingerprint density at radius 2 is 1.79 bits per heavy atom. The molecule has 0 aliphatic rings. The molecule has 3 heterocycles. The first-order chi connectivity index (χ1) is 13.4. The van der Waals surface area contributed by atoms with E-state index in [1.165, 1.54) is 9.13 Å². The number of imidazole rings is 2. The van der Waals surface area contributed by atoms with E-state index in [1.807, 2.05) is 47.9 Å². The monoisotopic (exact) mass is 379 g/mol. The number of benzene rings is 1. The van der Waals surface area contributed by atoms with E-state index in [4.69, 9.17) is 0 Å². The van der Waals surface area contributed by atoms with Gasteiger partial charge in [0.15, 0.2) is 11.2 Å². The average molecular weight is 379 g/mol. The molecule has 4 aromatic rings. The van der Waals surface area contributed by atoms with Gasteiger partial charge in [0.25, 0.3) is 5.56 Å². The van der Waals surface area contributed by atoms with Gasteiger partial charge >= 0.3 is 5.69 Å². The van der Waals surface area contributed by atoms with Crippen LogP contribution in [0, 0.1) is 12.8 Å². The molecule has 0 fully saturated rings. The summed E-state index contributed by atoms with van der Waals surface area (Å²) in [5.41, 5.74) is 2.40. The highest BCUT2D eigenvalue weighted by Crippen LogP contribution is 2.17. The van der Waals surface area contributed by atoms with E-state index in [-0.39, 0.29) is 11.2 Å². The van der Waals surface area contributed by atoms with Gasteiger partial charge in [-0.1, -0.05) is 44.2 Å². The Balaban J connectivity index is 1.89. The summed E-state index contributed by atoms with van der Waals surface area (Å²) in [5, 5.41) is 0. The molecule has 0 saturated carbocycles. The first kappa shape index (κ1) is 18.3. The highest BCUT2D eigenvalue weighted by atomic mass is 16.2. The van der Waals surface area contributed by atoms with Gasteiger partial charge in [0.05, 0.1) is 0 Å². The minimum absolute atomic E-state index is 0.289. The minimum atomic E-state index is -0.332. The lowest BCUT2D eigenvalue weighted by molar-refractivity contribution is 0.524. The van der Waals surface area contributed by atoms with Gasteiger partial charge in [-0.25, -0.2) is 4.79 Å². The van der Waals surface area contributed by atoms with Crippen molar-refractivity contribution in [3.05, 3.63) is 68.6 Å². The Kier molecular flexibility index (Phi) is 4.45. The molecule has 0 radical (unpaired) electrons. The summed E-state index contributed by atoms with van der Waals surface area (Å²) in [5.74, 6) is 1.15. The van der Waals surface area contributed by atoms with Crippen LogP contribution in [-0.2, 0) is 26.6 Å². The third-order valence-electron chi connectivity index (χ3n) is 5.16. The maximum atomic E-state index is 13.2. The van der Waals surface area contributed by atoms with Crippen molar-refractivity contribution >= 4 is 16.9 Å². The third-order valence-corrected chi connectivity index (χ3v) is 5.16. The highest BCUT2D eigenvalue weighted by molar-refractivity contribution is 5.75. The molecular weight excluding hydrogens is 354 g/mol. The molecule has 0 spiro atoms. The second-order valence-electron chi connectivity index (χ2n) is 7.76. The second kappa shape index (κ2) is 6.82. The van der Waals surface area contributed by atoms with Gasteiger partial charge in [-0.15, -0.1) is 0 Å². The van der Waals surface area contributed by atoms with Crippen molar-refractivity contribution in [3.63, 3.8) is 0 Å². The zero-order valence-electron chi connectivity index (χ0n) is 16.7. The summed E-state index contributed by atoms with van der Waals surface area (Å²) in [6.07, 6.45) is 2.55. The predicted octanol–water partition coefficient (Wildman–Crippen LogP) is 2.36. The normalized spacial score (nSPS) is 11.9. The second-order valence-corrected chi connectivity index (χ2v) is 7.76. The largest absolute Gasteiger partial charge is 0.332 e. The quantitative estimate of drug-likeness (QED) is 0.535. The standard InChI is InChI=1S/C21H25N5O2/c1-14(2)12-25-15(3)13-26-17-18(22-20(25)26)23(4)21(28)24(19(17)27)11-10-16-8-6-5-7-9-16/h5-9,13-14H,10-12H2,1-4H3. The van der Waals surface area contributed by atoms with Gasteiger partial charge in [-0.2, -0.15) is 4.98 Å². The van der Waals surface area contributed by atoms with Crippen LogP contribution >= 0.6 is 0 Å². The lowest BCUT2D eigenvalue weighted by Crippen LogP contribution is -2.39. The van der Waals surface area contributed by atoms with Crippen LogP contribution in [0.4, 0.5) is 0 Å². The Morgan fingerprint density at radius 3 is 2.46 bits per heavy atom. The smallest absolute Gasteiger partial charge is 0.314 e. The van der Waals surface area contributed by atoms with E-state index < -0.39 is 0 Å². The first-order valence-electron chi connectivity index (χ1n) is 9.60. The van der Waals surface area contributed by atoms with E-state index in [9.17, 15) is 9.59 Å². The van der Waals surface area contributed by atoms with Crippen molar-refractivity contribution in [3.8, 4) is 0 Å². The summed E-state index contributed by atoms with van der Waals surface area (Å²) < 4.78 is 6.72. The topological polar surface area (TPSA) is 66.2 Å². The maximum absolute atomic E-state index is 13.2. The van der Waals surface area contributed by atoms with Crippen LogP contribution < -0.4 is 11.2 Å². The number of nitrogens with zero attached hydrogens (tertiary/aromatic N) is 5. The molecule has 3 aromatic heterocycles. The van der Waals surface area contributed by atoms with Crippen LogP contribution in [0.1, 0.15) is 25.1 Å². The fraction of sp³-hybridized carbons (Fsp3) is 0.381. The van der Waals surface area contributed by atoms with Crippen molar-refractivity contribution in [2.24, 2.45) is 13.0 Å². The fourth-order valence-electron chi connectivity index (χ4n) is 3.73. The van der Waals surface area contributed by atoms with Crippen molar-refractivity contribution in [2.75, 3.05) is 0 Å². The minimum Gasteiger partial charge on any atom is -0.314 e. The molecule has 0 unspecified atom stereocenters. The van der Waals surface area contributed by atoms with Crippen LogP contribution in [0.5, 0.6) is 0 Å². The Labute approximate surface area is 162 Å². The Morgan fingerprint density at radius 1 is 1.07 bits per heavy atom. The van der Waals surface area contributed by atoms with Crippen molar-refractivity contribution < 1.29 is 0 Å². The molecule has 7 nitrogen and oxygen atoms in total. The van der Waals surface area contributed by atoms with E-state index in [0.29, 0.717) is 35.8 Å². The van der Waals surface area contributed by atoms with Crippen LogP contribution in [0.25, 0.3) is 16.9 Å². The molecular formula is C21H25N5O2. The molecule has 0 atom stereocenters. The SMILES string of the molecule is Cc1cn2c3c(=O)n(CCc4ccccc4)c(=O)n(C)c3nc2n1CC(C)C. The average Bonchev–Trinajstić information content (AvgIpc) is 3.17. The van der Waals surface area contributed by atoms with Gasteiger partial charge < -0.3 is 4.57 Å². The van der Waals surface area contributed by atoms with E-state index in [1.54, 1.807) is 7.05 Å². The number of aryl methyl sites for hydroxylation is 3. The number of rotatable bonds is 5. The number of hydrogen-bond donors (Lipinski definition) is 0. The predicted molar refractivity (Wildman–Crippen MR) is 110 cm³/mol. The van der Waals surface area contributed by atoms with Gasteiger partial charge in [-0.3, -0.25) is 18.3 Å². The summed E-state index contributed by atoms with van der Waals surface area (Å²) in [4.78, 5) is 30.7. The number of aromatic nitrogens is 5. The molecule has 0 N–H and O–H groups in total. The maximum Gasteiger partial charge on any atom is 0.332 e. The molecule has 0 saturated heterocycles. The van der Waals surface area contributed by atoms with Gasteiger partial charge in [0, 0.05) is 32.0 Å². The highest BCUT2D eigenvalue weighted by Gasteiger charge is 2.20. The lowest BCUT2D eigenvalue weighted by atomic mass is 10.1. The summed E-state index contributed by atoms with van der Waals surface area (Å²) >= 11 is 0. The fourth-order valence-corrected chi connectivity index (χ4v) is 3.73. The molecule has 28 heavy (non-hydrogen) atoms. The molecule has 0 aliphatic heterocycles. The molecule has 0 aliphatic carbocycles. The molecule has 1 aromatic carbocycles. The lowest BCUT2D eigenvalue weighted by Gasteiger charge is -2.08. The van der Waals surface area contributed by atoms with Gasteiger partial charge in [0.2, 0.25) is 5.78 Å². The van der Waals surface area contributed by atoms with Crippen LogP contribution in [0.2, 0.25) is 0 Å². The van der Waals surface area contributed by atoms with E-state index in [0.717, 1.165) is 17.8 Å². The van der Waals surface area contributed by atoms with E-state index >= 15 is 0 Å². The van der Waals surface area contributed by atoms with E-state index in [2.05, 4.69) is 23.4 Å².